The van der Waals surface area contributed by atoms with Crippen LogP contribution >= 0.6 is 7.82 Å². The van der Waals surface area contributed by atoms with Crippen molar-refractivity contribution >= 4 is 7.82 Å². The van der Waals surface area contributed by atoms with Crippen molar-refractivity contribution in [1.29, 1.82) is 0 Å². The Bertz CT molecular complexity index is 57.8. The summed E-state index contributed by atoms with van der Waals surface area (Å²) < 4.78 is 8.55. The Kier molecular flexibility index (Phi) is 11.9. The third kappa shape index (κ3) is 141. The molecule has 0 aromatic carbocycles. The van der Waals surface area contributed by atoms with Gasteiger partial charge in [0.2, 0.25) is 0 Å². The van der Waals surface area contributed by atoms with Crippen molar-refractivity contribution in [3.8, 4) is 0 Å². The molecule has 0 aliphatic heterocycles. The van der Waals surface area contributed by atoms with Crippen molar-refractivity contribution in [2.75, 3.05) is 0 Å². The van der Waals surface area contributed by atoms with E-state index in [9.17, 15) is 0 Å². The van der Waals surface area contributed by atoms with Crippen LogP contribution in [0.5, 0.6) is 0 Å². The summed E-state index contributed by atoms with van der Waals surface area (Å²) >= 11 is 0. The molecule has 7 heteroatoms. The first-order chi connectivity index (χ1) is 2.00. The van der Waals surface area contributed by atoms with E-state index in [1.807, 2.05) is 0 Å². The maximum atomic E-state index is 8.55. The van der Waals surface area contributed by atoms with Crippen LogP contribution in [0, 0.1) is 0 Å². The van der Waals surface area contributed by atoms with Gasteiger partial charge in [0.05, 0.1) is 0 Å². The SMILES string of the molecule is O=P([O-])([O-])[O-].[Cr+2].[Cu+]. The summed E-state index contributed by atoms with van der Waals surface area (Å²) in [6.07, 6.45) is 0. The molecular formula is CrCuO4P. The van der Waals surface area contributed by atoms with Crippen molar-refractivity contribution < 1.29 is 53.7 Å². The number of rotatable bonds is 0. The van der Waals surface area contributed by atoms with Gasteiger partial charge in [0.25, 0.3) is 0 Å². The molecule has 0 saturated carbocycles. The molecule has 0 aliphatic rings. The van der Waals surface area contributed by atoms with E-state index in [4.69, 9.17) is 19.2 Å². The second-order valence-electron chi connectivity index (χ2n) is 0.447. The molecule has 0 spiro atoms. The van der Waals surface area contributed by atoms with E-state index < -0.39 is 7.82 Å². The molecule has 0 N–H and O–H groups in total. The van der Waals surface area contributed by atoms with Gasteiger partial charge in [0, 0.05) is 0 Å². The molecule has 0 rings (SSSR count). The Labute approximate surface area is 61.8 Å². The van der Waals surface area contributed by atoms with Gasteiger partial charge in [-0.2, -0.15) is 7.82 Å². The summed E-state index contributed by atoms with van der Waals surface area (Å²) in [5.74, 6) is 0. The van der Waals surface area contributed by atoms with E-state index in [0.717, 1.165) is 0 Å². The predicted octanol–water partition coefficient (Wildman–Crippen LogP) is -2.83. The van der Waals surface area contributed by atoms with E-state index in [1.54, 1.807) is 0 Å². The Balaban J connectivity index is -0.0000000800. The van der Waals surface area contributed by atoms with E-state index in [1.165, 1.54) is 0 Å². The summed E-state index contributed by atoms with van der Waals surface area (Å²) in [6.45, 7) is 0. The monoisotopic (exact) mass is 210 g/mol. The Hall–Kier alpha value is 1.16. The summed E-state index contributed by atoms with van der Waals surface area (Å²) in [4.78, 5) is 25.6. The number of phosphoric acid groups is 1. The third-order valence-corrected chi connectivity index (χ3v) is 0. The number of hydrogen-bond donors (Lipinski definition) is 0. The van der Waals surface area contributed by atoms with Gasteiger partial charge in [-0.05, 0) is 0 Å². The zero-order chi connectivity index (χ0) is 4.50. The molecule has 0 atom stereocenters. The van der Waals surface area contributed by atoms with Crippen LogP contribution in [-0.4, -0.2) is 0 Å². The topological polar surface area (TPSA) is 86.2 Å². The van der Waals surface area contributed by atoms with E-state index in [2.05, 4.69) is 0 Å². The van der Waals surface area contributed by atoms with E-state index >= 15 is 0 Å². The largest absolute Gasteiger partial charge is 2.00 e. The van der Waals surface area contributed by atoms with Crippen molar-refractivity contribution in [1.82, 2.24) is 0 Å². The normalized spacial score (nSPS) is 8.43. The van der Waals surface area contributed by atoms with Crippen LogP contribution in [0.1, 0.15) is 0 Å². The fourth-order valence-electron chi connectivity index (χ4n) is 0. The minimum absolute atomic E-state index is 0. The molecule has 0 aliphatic carbocycles. The molecule has 0 unspecified atom stereocenters. The van der Waals surface area contributed by atoms with Crippen LogP contribution in [0.2, 0.25) is 0 Å². The fraction of sp³-hybridized carbons (Fsp3) is 0. The molecule has 0 saturated heterocycles. The van der Waals surface area contributed by atoms with Crippen LogP contribution in [0.25, 0.3) is 0 Å². The maximum Gasteiger partial charge on any atom is 2.00 e. The molecule has 0 aromatic heterocycles. The molecule has 4 nitrogen and oxygen atoms in total. The molecule has 0 heterocycles. The minimum Gasteiger partial charge on any atom is -0.822 e. The average Bonchev–Trinajstić information content (AvgIpc) is 0.722. The molecular weight excluding hydrogens is 211 g/mol. The molecule has 0 fully saturated rings. The van der Waals surface area contributed by atoms with Gasteiger partial charge >= 0.3 is 34.4 Å². The predicted molar refractivity (Wildman–Crippen MR) is 7.61 cm³/mol. The van der Waals surface area contributed by atoms with Crippen molar-refractivity contribution in [3.05, 3.63) is 0 Å². The van der Waals surface area contributed by atoms with Crippen molar-refractivity contribution in [2.45, 2.75) is 0 Å². The maximum absolute atomic E-state index is 8.55. The quantitative estimate of drug-likeness (QED) is 0.319. The Morgan fingerprint density at radius 3 is 1.14 bits per heavy atom. The van der Waals surface area contributed by atoms with Gasteiger partial charge in [-0.15, -0.1) is 0 Å². The second-order valence-corrected chi connectivity index (χ2v) is 1.34. The first-order valence-electron chi connectivity index (χ1n) is 0.730. The second kappa shape index (κ2) is 5.30. The zero-order valence-electron chi connectivity index (χ0n) is 2.79. The summed E-state index contributed by atoms with van der Waals surface area (Å²) in [6, 6.07) is 0. The summed E-state index contributed by atoms with van der Waals surface area (Å²) in [5.41, 5.74) is 0. The van der Waals surface area contributed by atoms with Crippen LogP contribution < -0.4 is 14.7 Å². The molecule has 0 aromatic rings. The average molecular weight is 211 g/mol. The fourth-order valence-corrected chi connectivity index (χ4v) is 0. The van der Waals surface area contributed by atoms with Crippen molar-refractivity contribution in [3.63, 3.8) is 0 Å². The van der Waals surface area contributed by atoms with Gasteiger partial charge in [0.1, 0.15) is 0 Å². The van der Waals surface area contributed by atoms with Crippen LogP contribution in [-0.2, 0) is 39.0 Å². The van der Waals surface area contributed by atoms with Crippen LogP contribution in [0.15, 0.2) is 0 Å². The smallest absolute Gasteiger partial charge is 0.822 e. The molecule has 0 amide bonds. The van der Waals surface area contributed by atoms with Gasteiger partial charge in [0.15, 0.2) is 0 Å². The third-order valence-electron chi connectivity index (χ3n) is 0. The molecule has 0 radical (unpaired) electrons. The van der Waals surface area contributed by atoms with Crippen LogP contribution in [0.4, 0.5) is 0 Å². The Morgan fingerprint density at radius 1 is 1.14 bits per heavy atom. The van der Waals surface area contributed by atoms with E-state index in [0.29, 0.717) is 0 Å². The molecule has 7 heavy (non-hydrogen) atoms. The Morgan fingerprint density at radius 2 is 1.14 bits per heavy atom. The van der Waals surface area contributed by atoms with Gasteiger partial charge in [-0.1, -0.05) is 0 Å². The minimum atomic E-state index is -5.39. The molecule has 0 bridgehead atoms. The van der Waals surface area contributed by atoms with Crippen molar-refractivity contribution in [2.24, 2.45) is 0 Å². The standard InChI is InChI=1S/Cr.Cu.H3O4P/c;;1-5(2,3)4/h;;(H3,1,2,3,4)/q+2;+1;/p-3. The molecule has 46 valence electrons. The summed E-state index contributed by atoms with van der Waals surface area (Å²) in [7, 11) is -5.39. The van der Waals surface area contributed by atoms with Gasteiger partial charge in [-0.25, -0.2) is 0 Å². The number of hydrogen-bond acceptors (Lipinski definition) is 4. The van der Waals surface area contributed by atoms with E-state index in [-0.39, 0.29) is 34.4 Å². The first-order valence-corrected chi connectivity index (χ1v) is 2.19. The van der Waals surface area contributed by atoms with Crippen LogP contribution in [0.3, 0.4) is 0 Å². The van der Waals surface area contributed by atoms with Gasteiger partial charge in [-0.3, -0.25) is 0 Å². The van der Waals surface area contributed by atoms with Gasteiger partial charge < -0.3 is 19.2 Å². The zero-order valence-corrected chi connectivity index (χ0v) is 5.90. The first kappa shape index (κ1) is 15.7. The summed E-state index contributed by atoms with van der Waals surface area (Å²) in [5, 5.41) is 0.